The third-order valence-corrected chi connectivity index (χ3v) is 2.15. The zero-order valence-corrected chi connectivity index (χ0v) is 9.55. The van der Waals surface area contributed by atoms with E-state index in [1.54, 1.807) is 6.07 Å². The monoisotopic (exact) mass is 221 g/mol. The maximum absolute atomic E-state index is 11.7. The molecule has 0 aliphatic rings. The SMILES string of the molecule is CNC(=O)NNC(=O)c1cc(C)ccc1C. The number of aryl methyl sites for hydroxylation is 2. The van der Waals surface area contributed by atoms with Crippen molar-refractivity contribution in [2.75, 3.05) is 7.05 Å². The molecule has 0 spiro atoms. The Hall–Kier alpha value is -2.04. The second-order valence-electron chi connectivity index (χ2n) is 3.48. The average Bonchev–Trinajstić information content (AvgIpc) is 2.28. The molecule has 0 unspecified atom stereocenters. The predicted octanol–water partition coefficient (Wildman–Crippen LogP) is 0.877. The molecule has 0 aliphatic carbocycles. The quantitative estimate of drug-likeness (QED) is 0.616. The van der Waals surface area contributed by atoms with Crippen LogP contribution in [0.1, 0.15) is 21.5 Å². The van der Waals surface area contributed by atoms with Gasteiger partial charge in [0.25, 0.3) is 5.91 Å². The average molecular weight is 221 g/mol. The third kappa shape index (κ3) is 2.98. The molecule has 86 valence electrons. The lowest BCUT2D eigenvalue weighted by molar-refractivity contribution is 0.0936. The van der Waals surface area contributed by atoms with Gasteiger partial charge in [-0.3, -0.25) is 10.2 Å². The largest absolute Gasteiger partial charge is 0.340 e. The Bertz CT molecular complexity index is 416. The van der Waals surface area contributed by atoms with Crippen LogP contribution in [0.5, 0.6) is 0 Å². The Morgan fingerprint density at radius 3 is 2.44 bits per heavy atom. The van der Waals surface area contributed by atoms with Gasteiger partial charge in [0.2, 0.25) is 0 Å². The van der Waals surface area contributed by atoms with E-state index in [4.69, 9.17) is 0 Å². The van der Waals surface area contributed by atoms with Crippen molar-refractivity contribution in [3.05, 3.63) is 34.9 Å². The first-order valence-electron chi connectivity index (χ1n) is 4.90. The van der Waals surface area contributed by atoms with Crippen LogP contribution in [0.25, 0.3) is 0 Å². The summed E-state index contributed by atoms with van der Waals surface area (Å²) >= 11 is 0. The van der Waals surface area contributed by atoms with Gasteiger partial charge in [0.15, 0.2) is 0 Å². The highest BCUT2D eigenvalue weighted by Gasteiger charge is 2.09. The highest BCUT2D eigenvalue weighted by molar-refractivity contribution is 5.96. The van der Waals surface area contributed by atoms with Gasteiger partial charge in [-0.05, 0) is 25.5 Å². The number of hydrogen-bond acceptors (Lipinski definition) is 2. The van der Waals surface area contributed by atoms with Crippen LogP contribution < -0.4 is 16.2 Å². The van der Waals surface area contributed by atoms with E-state index in [1.807, 2.05) is 26.0 Å². The summed E-state index contributed by atoms with van der Waals surface area (Å²) < 4.78 is 0. The summed E-state index contributed by atoms with van der Waals surface area (Å²) in [5, 5.41) is 2.33. The number of hydrazine groups is 1. The van der Waals surface area contributed by atoms with Gasteiger partial charge in [-0.2, -0.15) is 0 Å². The van der Waals surface area contributed by atoms with Crippen LogP contribution in [0.3, 0.4) is 0 Å². The van der Waals surface area contributed by atoms with E-state index in [2.05, 4.69) is 16.2 Å². The minimum absolute atomic E-state index is 0.329. The fraction of sp³-hybridized carbons (Fsp3) is 0.273. The first-order valence-corrected chi connectivity index (χ1v) is 4.90. The van der Waals surface area contributed by atoms with Crippen LogP contribution in [0, 0.1) is 13.8 Å². The van der Waals surface area contributed by atoms with Gasteiger partial charge in [0.1, 0.15) is 0 Å². The maximum atomic E-state index is 11.7. The summed E-state index contributed by atoms with van der Waals surface area (Å²) in [5.74, 6) is -0.329. The number of carbonyl (C=O) groups is 2. The summed E-state index contributed by atoms with van der Waals surface area (Å²) in [4.78, 5) is 22.5. The highest BCUT2D eigenvalue weighted by atomic mass is 16.2. The van der Waals surface area contributed by atoms with E-state index in [0.717, 1.165) is 11.1 Å². The lowest BCUT2D eigenvalue weighted by Crippen LogP contribution is -2.45. The number of nitrogens with one attached hydrogen (secondary N) is 3. The Morgan fingerprint density at radius 1 is 1.12 bits per heavy atom. The topological polar surface area (TPSA) is 70.2 Å². The Kier molecular flexibility index (Phi) is 3.88. The molecule has 1 rings (SSSR count). The van der Waals surface area contributed by atoms with Gasteiger partial charge in [-0.15, -0.1) is 0 Å². The van der Waals surface area contributed by atoms with Crippen LogP contribution in [0.2, 0.25) is 0 Å². The van der Waals surface area contributed by atoms with Crippen molar-refractivity contribution in [1.82, 2.24) is 16.2 Å². The molecule has 3 amide bonds. The first-order chi connectivity index (χ1) is 7.54. The summed E-state index contributed by atoms with van der Waals surface area (Å²) in [7, 11) is 1.47. The van der Waals surface area contributed by atoms with Crippen LogP contribution in [-0.2, 0) is 0 Å². The van der Waals surface area contributed by atoms with Crippen LogP contribution in [0.4, 0.5) is 4.79 Å². The van der Waals surface area contributed by atoms with Gasteiger partial charge in [0.05, 0.1) is 0 Å². The minimum atomic E-state index is -0.460. The lowest BCUT2D eigenvalue weighted by atomic mass is 10.1. The Balaban J connectivity index is 2.73. The summed E-state index contributed by atoms with van der Waals surface area (Å²) in [6.45, 7) is 3.75. The normalized spacial score (nSPS) is 9.44. The molecule has 0 saturated heterocycles. The third-order valence-electron chi connectivity index (χ3n) is 2.15. The Morgan fingerprint density at radius 2 is 1.81 bits per heavy atom. The fourth-order valence-corrected chi connectivity index (χ4v) is 1.22. The summed E-state index contributed by atoms with van der Waals surface area (Å²) in [6, 6.07) is 5.11. The molecule has 5 nitrogen and oxygen atoms in total. The number of hydrogen-bond donors (Lipinski definition) is 3. The second-order valence-corrected chi connectivity index (χ2v) is 3.48. The molecule has 0 fully saturated rings. The molecule has 0 atom stereocenters. The molecule has 0 heterocycles. The van der Waals surface area contributed by atoms with Gasteiger partial charge in [-0.25, -0.2) is 10.2 Å². The smallest absolute Gasteiger partial charge is 0.333 e. The van der Waals surface area contributed by atoms with E-state index in [-0.39, 0.29) is 5.91 Å². The van der Waals surface area contributed by atoms with Crippen molar-refractivity contribution in [3.8, 4) is 0 Å². The number of amides is 3. The molecule has 1 aromatic rings. The van der Waals surface area contributed by atoms with Crippen molar-refractivity contribution in [2.24, 2.45) is 0 Å². The molecular weight excluding hydrogens is 206 g/mol. The number of benzene rings is 1. The molecule has 16 heavy (non-hydrogen) atoms. The molecule has 0 aliphatic heterocycles. The molecule has 5 heteroatoms. The van der Waals surface area contributed by atoms with Crippen molar-refractivity contribution in [1.29, 1.82) is 0 Å². The van der Waals surface area contributed by atoms with Crippen LogP contribution >= 0.6 is 0 Å². The Labute approximate surface area is 94.2 Å². The molecule has 0 radical (unpaired) electrons. The molecule has 0 saturated carbocycles. The van der Waals surface area contributed by atoms with E-state index in [1.165, 1.54) is 7.05 Å². The maximum Gasteiger partial charge on any atom is 0.333 e. The van der Waals surface area contributed by atoms with Crippen LogP contribution in [-0.4, -0.2) is 19.0 Å². The summed E-state index contributed by atoms with van der Waals surface area (Å²) in [5.41, 5.74) is 6.96. The van der Waals surface area contributed by atoms with E-state index >= 15 is 0 Å². The minimum Gasteiger partial charge on any atom is -0.340 e. The molecule has 1 aromatic carbocycles. The number of rotatable bonds is 1. The fourth-order valence-electron chi connectivity index (χ4n) is 1.22. The van der Waals surface area contributed by atoms with Crippen LogP contribution in [0.15, 0.2) is 18.2 Å². The highest BCUT2D eigenvalue weighted by Crippen LogP contribution is 2.09. The van der Waals surface area contributed by atoms with Crippen molar-refractivity contribution in [2.45, 2.75) is 13.8 Å². The standard InChI is InChI=1S/C11H15N3O2/c1-7-4-5-8(2)9(6-7)10(15)13-14-11(16)12-3/h4-6H,1-3H3,(H,13,15)(H2,12,14,16). The summed E-state index contributed by atoms with van der Waals surface area (Å²) in [6.07, 6.45) is 0. The molecular formula is C11H15N3O2. The van der Waals surface area contributed by atoms with E-state index < -0.39 is 6.03 Å². The van der Waals surface area contributed by atoms with Crippen molar-refractivity contribution >= 4 is 11.9 Å². The van der Waals surface area contributed by atoms with Gasteiger partial charge in [0, 0.05) is 12.6 Å². The molecule has 0 bridgehead atoms. The second kappa shape index (κ2) is 5.16. The van der Waals surface area contributed by atoms with E-state index in [9.17, 15) is 9.59 Å². The van der Waals surface area contributed by atoms with Gasteiger partial charge >= 0.3 is 6.03 Å². The lowest BCUT2D eigenvalue weighted by Gasteiger charge is -2.09. The van der Waals surface area contributed by atoms with Gasteiger partial charge < -0.3 is 5.32 Å². The van der Waals surface area contributed by atoms with Crippen molar-refractivity contribution < 1.29 is 9.59 Å². The molecule has 0 aromatic heterocycles. The van der Waals surface area contributed by atoms with Gasteiger partial charge in [-0.1, -0.05) is 17.7 Å². The van der Waals surface area contributed by atoms with E-state index in [0.29, 0.717) is 5.56 Å². The zero-order valence-electron chi connectivity index (χ0n) is 9.55. The first kappa shape index (κ1) is 12.0. The predicted molar refractivity (Wildman–Crippen MR) is 61.0 cm³/mol. The van der Waals surface area contributed by atoms with Crippen molar-refractivity contribution in [3.63, 3.8) is 0 Å². The number of carbonyl (C=O) groups excluding carboxylic acids is 2. The zero-order chi connectivity index (χ0) is 12.1. The number of urea groups is 1. The molecule has 3 N–H and O–H groups in total.